The zero-order valence-electron chi connectivity index (χ0n) is 10.9. The van der Waals surface area contributed by atoms with E-state index in [1.807, 2.05) is 6.92 Å². The topological polar surface area (TPSA) is 83.4 Å². The second kappa shape index (κ2) is 5.66. The number of hydrogen-bond acceptors (Lipinski definition) is 6. The molecule has 6 nitrogen and oxygen atoms in total. The van der Waals surface area contributed by atoms with E-state index < -0.39 is 18.2 Å². The minimum atomic E-state index is -4.33. The monoisotopic (exact) mass is 295 g/mol. The van der Waals surface area contributed by atoms with Crippen molar-refractivity contribution in [2.45, 2.75) is 31.0 Å². The molecule has 2 N–H and O–H groups in total. The number of hydrogen-bond donors (Lipinski definition) is 1. The predicted molar refractivity (Wildman–Crippen MR) is 61.0 cm³/mol. The first kappa shape index (κ1) is 15.2. The van der Waals surface area contributed by atoms with Crippen LogP contribution in [0.5, 0.6) is 0 Å². The van der Waals surface area contributed by atoms with Gasteiger partial charge in [-0.05, 0) is 6.92 Å². The Bertz CT molecular complexity index is 452. The Morgan fingerprint density at radius 2 is 2.25 bits per heavy atom. The van der Waals surface area contributed by atoms with E-state index in [0.29, 0.717) is 24.9 Å². The molecule has 1 aromatic rings. The summed E-state index contributed by atoms with van der Waals surface area (Å²) in [5.41, 5.74) is 5.36. The molecular formula is C11H16F3N3O3. The summed E-state index contributed by atoms with van der Waals surface area (Å²) in [6.07, 6.45) is -4.18. The largest absolute Gasteiger partial charge is 0.411 e. The number of ether oxygens (including phenoxy) is 2. The molecule has 0 saturated carbocycles. The Labute approximate surface area is 113 Å². The number of rotatable bonds is 5. The SMILES string of the molecule is CC1(c2nc(CCOCC(F)(F)F)no2)COCC1N. The van der Waals surface area contributed by atoms with Gasteiger partial charge in [-0.1, -0.05) is 5.16 Å². The summed E-state index contributed by atoms with van der Waals surface area (Å²) < 4.78 is 50.5. The summed E-state index contributed by atoms with van der Waals surface area (Å²) in [7, 11) is 0. The minimum Gasteiger partial charge on any atom is -0.379 e. The fourth-order valence-electron chi connectivity index (χ4n) is 1.85. The average molecular weight is 295 g/mol. The van der Waals surface area contributed by atoms with Crippen LogP contribution in [-0.4, -0.2) is 48.8 Å². The summed E-state index contributed by atoms with van der Waals surface area (Å²) in [6.45, 7) is 1.22. The van der Waals surface area contributed by atoms with Gasteiger partial charge in [-0.2, -0.15) is 18.2 Å². The van der Waals surface area contributed by atoms with Gasteiger partial charge in [-0.25, -0.2) is 0 Å². The summed E-state index contributed by atoms with van der Waals surface area (Å²) in [4.78, 5) is 4.15. The van der Waals surface area contributed by atoms with Gasteiger partial charge in [0.25, 0.3) is 0 Å². The second-order valence-corrected chi connectivity index (χ2v) is 4.97. The lowest BCUT2D eigenvalue weighted by Gasteiger charge is -2.21. The van der Waals surface area contributed by atoms with Gasteiger partial charge in [0.2, 0.25) is 5.89 Å². The summed E-state index contributed by atoms with van der Waals surface area (Å²) in [5.74, 6) is 0.635. The van der Waals surface area contributed by atoms with E-state index in [1.165, 1.54) is 0 Å². The molecule has 2 unspecified atom stereocenters. The molecule has 0 aliphatic carbocycles. The molecule has 1 aliphatic heterocycles. The molecular weight excluding hydrogens is 279 g/mol. The number of alkyl halides is 3. The third-order valence-electron chi connectivity index (χ3n) is 3.21. The Morgan fingerprint density at radius 1 is 1.50 bits per heavy atom. The first-order valence-corrected chi connectivity index (χ1v) is 6.12. The van der Waals surface area contributed by atoms with Crippen molar-refractivity contribution in [2.24, 2.45) is 5.73 Å². The van der Waals surface area contributed by atoms with Crippen LogP contribution >= 0.6 is 0 Å². The van der Waals surface area contributed by atoms with Crippen LogP contribution in [0.4, 0.5) is 13.2 Å². The number of aromatic nitrogens is 2. The van der Waals surface area contributed by atoms with E-state index in [-0.39, 0.29) is 19.1 Å². The first-order valence-electron chi connectivity index (χ1n) is 6.12. The van der Waals surface area contributed by atoms with Crippen LogP contribution in [0.2, 0.25) is 0 Å². The number of halogens is 3. The molecule has 9 heteroatoms. The molecule has 1 aromatic heterocycles. The summed E-state index contributed by atoms with van der Waals surface area (Å²) in [6, 6.07) is -0.253. The minimum absolute atomic E-state index is 0.127. The zero-order valence-corrected chi connectivity index (χ0v) is 10.9. The van der Waals surface area contributed by atoms with E-state index in [1.54, 1.807) is 0 Å². The molecule has 0 bridgehead atoms. The van der Waals surface area contributed by atoms with E-state index in [4.69, 9.17) is 15.0 Å². The molecule has 1 fully saturated rings. The Morgan fingerprint density at radius 3 is 2.85 bits per heavy atom. The lowest BCUT2D eigenvalue weighted by atomic mass is 9.86. The standard InChI is InChI=1S/C11H16F3N3O3/c1-10(5-19-4-7(10)15)9-16-8(17-20-9)2-3-18-6-11(12,13)14/h7H,2-6,15H2,1H3. The van der Waals surface area contributed by atoms with Gasteiger partial charge < -0.3 is 19.7 Å². The quantitative estimate of drug-likeness (QED) is 0.809. The Kier molecular flexibility index (Phi) is 4.31. The highest BCUT2D eigenvalue weighted by molar-refractivity contribution is 5.11. The lowest BCUT2D eigenvalue weighted by Crippen LogP contribution is -2.42. The normalized spacial score (nSPS) is 27.1. The van der Waals surface area contributed by atoms with Gasteiger partial charge in [0.05, 0.1) is 25.2 Å². The van der Waals surface area contributed by atoms with E-state index in [9.17, 15) is 13.2 Å². The molecule has 20 heavy (non-hydrogen) atoms. The van der Waals surface area contributed by atoms with Gasteiger partial charge in [0.15, 0.2) is 5.82 Å². The van der Waals surface area contributed by atoms with Crippen molar-refractivity contribution in [3.05, 3.63) is 11.7 Å². The Hall–Kier alpha value is -1.19. The van der Waals surface area contributed by atoms with Crippen molar-refractivity contribution >= 4 is 0 Å². The molecule has 0 amide bonds. The maximum Gasteiger partial charge on any atom is 0.411 e. The molecule has 1 aliphatic rings. The van der Waals surface area contributed by atoms with Crippen molar-refractivity contribution in [2.75, 3.05) is 26.4 Å². The van der Waals surface area contributed by atoms with Gasteiger partial charge in [0.1, 0.15) is 6.61 Å². The maximum atomic E-state index is 11.9. The third-order valence-corrected chi connectivity index (χ3v) is 3.21. The predicted octanol–water partition coefficient (Wildman–Crippen LogP) is 0.806. The maximum absolute atomic E-state index is 11.9. The van der Waals surface area contributed by atoms with Crippen molar-refractivity contribution in [3.63, 3.8) is 0 Å². The highest BCUT2D eigenvalue weighted by atomic mass is 19.4. The van der Waals surface area contributed by atoms with Crippen molar-refractivity contribution in [1.29, 1.82) is 0 Å². The van der Waals surface area contributed by atoms with Gasteiger partial charge in [-0.15, -0.1) is 0 Å². The molecule has 0 radical (unpaired) electrons. The molecule has 114 valence electrons. The van der Waals surface area contributed by atoms with E-state index in [2.05, 4.69) is 14.9 Å². The summed E-state index contributed by atoms with van der Waals surface area (Å²) >= 11 is 0. The van der Waals surface area contributed by atoms with Crippen LogP contribution < -0.4 is 5.73 Å². The van der Waals surface area contributed by atoms with Crippen LogP contribution in [0.25, 0.3) is 0 Å². The van der Waals surface area contributed by atoms with Crippen LogP contribution in [0.1, 0.15) is 18.6 Å². The average Bonchev–Trinajstić information content (AvgIpc) is 2.93. The highest BCUT2D eigenvalue weighted by Crippen LogP contribution is 2.30. The first-order chi connectivity index (χ1) is 9.31. The van der Waals surface area contributed by atoms with Crippen molar-refractivity contribution in [1.82, 2.24) is 10.1 Å². The fraction of sp³-hybridized carbons (Fsp3) is 0.818. The van der Waals surface area contributed by atoms with E-state index >= 15 is 0 Å². The number of nitrogens with zero attached hydrogens (tertiary/aromatic N) is 2. The van der Waals surface area contributed by atoms with Crippen molar-refractivity contribution < 1.29 is 27.2 Å². The molecule has 0 aromatic carbocycles. The zero-order chi connectivity index (χ0) is 14.8. The van der Waals surface area contributed by atoms with Crippen LogP contribution in [0.15, 0.2) is 4.52 Å². The molecule has 2 heterocycles. The smallest absolute Gasteiger partial charge is 0.379 e. The fourth-order valence-corrected chi connectivity index (χ4v) is 1.85. The lowest BCUT2D eigenvalue weighted by molar-refractivity contribution is -0.173. The van der Waals surface area contributed by atoms with E-state index in [0.717, 1.165) is 0 Å². The molecule has 1 saturated heterocycles. The third kappa shape index (κ3) is 3.47. The molecule has 2 rings (SSSR count). The molecule has 2 atom stereocenters. The van der Waals surface area contributed by atoms with Crippen LogP contribution in [0, 0.1) is 0 Å². The van der Waals surface area contributed by atoms with Gasteiger partial charge >= 0.3 is 6.18 Å². The molecule has 0 spiro atoms. The van der Waals surface area contributed by atoms with Crippen molar-refractivity contribution in [3.8, 4) is 0 Å². The number of nitrogens with two attached hydrogens (primary N) is 1. The van der Waals surface area contributed by atoms with Crippen LogP contribution in [-0.2, 0) is 21.3 Å². The van der Waals surface area contributed by atoms with Gasteiger partial charge in [-0.3, -0.25) is 0 Å². The highest BCUT2D eigenvalue weighted by Gasteiger charge is 2.44. The van der Waals surface area contributed by atoms with Gasteiger partial charge in [0, 0.05) is 12.5 Å². The summed E-state index contributed by atoms with van der Waals surface area (Å²) in [5, 5.41) is 3.72. The second-order valence-electron chi connectivity index (χ2n) is 4.97. The van der Waals surface area contributed by atoms with Crippen LogP contribution in [0.3, 0.4) is 0 Å². The Balaban J connectivity index is 1.87.